The summed E-state index contributed by atoms with van der Waals surface area (Å²) in [6, 6.07) is 15.7. The van der Waals surface area contributed by atoms with E-state index in [1.807, 2.05) is 18.2 Å². The Balaban J connectivity index is 1.49. The molecule has 1 atom stereocenters. The first-order valence-corrected chi connectivity index (χ1v) is 11.0. The highest BCUT2D eigenvalue weighted by Crippen LogP contribution is 2.22. The standard InChI is InChI=1S/C21H23N3O5S/c1-15(21(26)24(2)16-9-4-3-5-10-16)29-19(25)13-8-14-22-20-17-11-6-7-12-18(17)30(27,28)23-20/h3-7,9-12,15H,8,13-14H2,1-2H3,(H,22,23)/t15-/m0/s1. The SMILES string of the molecule is C[C@H](OC(=O)CCCN=C1NS(=O)(=O)c2ccccc21)C(=O)N(C)c1ccccc1. The third-order valence-electron chi connectivity index (χ3n) is 4.60. The van der Waals surface area contributed by atoms with Gasteiger partial charge in [0, 0.05) is 31.3 Å². The normalized spacial score (nSPS) is 16.4. The van der Waals surface area contributed by atoms with E-state index in [4.69, 9.17) is 4.74 Å². The van der Waals surface area contributed by atoms with Gasteiger partial charge in [0.2, 0.25) is 0 Å². The Morgan fingerprint density at radius 1 is 1.10 bits per heavy atom. The molecule has 9 heteroatoms. The van der Waals surface area contributed by atoms with E-state index in [1.54, 1.807) is 37.4 Å². The second-order valence-electron chi connectivity index (χ2n) is 6.80. The average molecular weight is 429 g/mol. The molecule has 0 saturated heterocycles. The van der Waals surface area contributed by atoms with Crippen LogP contribution in [0.3, 0.4) is 0 Å². The molecular weight excluding hydrogens is 406 g/mol. The molecule has 0 fully saturated rings. The number of esters is 1. The number of rotatable bonds is 7. The van der Waals surface area contributed by atoms with Crippen LogP contribution in [0.4, 0.5) is 5.69 Å². The van der Waals surface area contributed by atoms with Gasteiger partial charge in [0.15, 0.2) is 6.10 Å². The number of carbonyl (C=O) groups excluding carboxylic acids is 2. The van der Waals surface area contributed by atoms with E-state index in [1.165, 1.54) is 17.9 Å². The van der Waals surface area contributed by atoms with Gasteiger partial charge in [-0.3, -0.25) is 19.3 Å². The predicted molar refractivity (Wildman–Crippen MR) is 113 cm³/mol. The molecule has 2 aromatic rings. The van der Waals surface area contributed by atoms with Crippen LogP contribution < -0.4 is 9.62 Å². The monoisotopic (exact) mass is 429 g/mol. The van der Waals surface area contributed by atoms with Gasteiger partial charge in [0.05, 0.1) is 4.90 Å². The van der Waals surface area contributed by atoms with Crippen molar-refractivity contribution in [3.8, 4) is 0 Å². The van der Waals surface area contributed by atoms with Crippen LogP contribution >= 0.6 is 0 Å². The molecule has 0 unspecified atom stereocenters. The van der Waals surface area contributed by atoms with E-state index in [9.17, 15) is 18.0 Å². The zero-order valence-electron chi connectivity index (χ0n) is 16.7. The summed E-state index contributed by atoms with van der Waals surface area (Å²) >= 11 is 0. The number of anilines is 1. The molecule has 8 nitrogen and oxygen atoms in total. The number of ether oxygens (including phenoxy) is 1. The second-order valence-corrected chi connectivity index (χ2v) is 8.45. The minimum absolute atomic E-state index is 0.0673. The van der Waals surface area contributed by atoms with E-state index in [2.05, 4.69) is 9.71 Å². The number of amidine groups is 1. The van der Waals surface area contributed by atoms with Gasteiger partial charge in [-0.1, -0.05) is 30.3 Å². The van der Waals surface area contributed by atoms with Crippen molar-refractivity contribution in [1.82, 2.24) is 4.72 Å². The van der Waals surface area contributed by atoms with E-state index in [-0.39, 0.29) is 29.6 Å². The van der Waals surface area contributed by atoms with E-state index < -0.39 is 22.1 Å². The minimum atomic E-state index is -3.58. The first kappa shape index (κ1) is 21.5. The van der Waals surface area contributed by atoms with E-state index >= 15 is 0 Å². The Labute approximate surface area is 175 Å². The Morgan fingerprint density at radius 3 is 2.50 bits per heavy atom. The highest BCUT2D eigenvalue weighted by molar-refractivity contribution is 7.90. The number of aliphatic imine (C=N–C) groups is 1. The molecule has 30 heavy (non-hydrogen) atoms. The average Bonchev–Trinajstić information content (AvgIpc) is 3.01. The molecule has 0 aromatic heterocycles. The molecular formula is C21H23N3O5S. The van der Waals surface area contributed by atoms with Crippen molar-refractivity contribution in [2.45, 2.75) is 30.8 Å². The molecule has 0 radical (unpaired) electrons. The lowest BCUT2D eigenvalue weighted by atomic mass is 10.2. The fourth-order valence-electron chi connectivity index (χ4n) is 3.02. The Kier molecular flexibility index (Phi) is 6.51. The molecule has 0 spiro atoms. The fraction of sp³-hybridized carbons (Fsp3) is 0.286. The topological polar surface area (TPSA) is 105 Å². The zero-order valence-corrected chi connectivity index (χ0v) is 17.6. The van der Waals surface area contributed by atoms with Crippen molar-refractivity contribution in [1.29, 1.82) is 0 Å². The Hall–Kier alpha value is -3.20. The van der Waals surface area contributed by atoms with Gasteiger partial charge in [0.1, 0.15) is 5.84 Å². The van der Waals surface area contributed by atoms with Crippen LogP contribution in [0.2, 0.25) is 0 Å². The van der Waals surface area contributed by atoms with Crippen molar-refractivity contribution < 1.29 is 22.7 Å². The zero-order chi connectivity index (χ0) is 21.7. The number of amides is 1. The number of hydrogen-bond donors (Lipinski definition) is 1. The van der Waals surface area contributed by atoms with Gasteiger partial charge in [0.25, 0.3) is 15.9 Å². The highest BCUT2D eigenvalue weighted by Gasteiger charge is 2.30. The quantitative estimate of drug-likeness (QED) is 0.536. The van der Waals surface area contributed by atoms with Gasteiger partial charge in [-0.2, -0.15) is 0 Å². The lowest BCUT2D eigenvalue weighted by Crippen LogP contribution is -2.37. The second kappa shape index (κ2) is 9.08. The van der Waals surface area contributed by atoms with Crippen molar-refractivity contribution in [2.75, 3.05) is 18.5 Å². The minimum Gasteiger partial charge on any atom is -0.453 e. The van der Waals surface area contributed by atoms with Crippen LogP contribution in [0.15, 0.2) is 64.5 Å². The molecule has 1 amide bonds. The molecule has 1 aliphatic rings. The lowest BCUT2D eigenvalue weighted by molar-refractivity contribution is -0.153. The molecule has 0 bridgehead atoms. The largest absolute Gasteiger partial charge is 0.453 e. The summed E-state index contributed by atoms with van der Waals surface area (Å²) in [6.07, 6.45) is -0.484. The highest BCUT2D eigenvalue weighted by atomic mass is 32.2. The van der Waals surface area contributed by atoms with Gasteiger partial charge in [-0.25, -0.2) is 8.42 Å². The Morgan fingerprint density at radius 2 is 1.77 bits per heavy atom. The van der Waals surface area contributed by atoms with Crippen molar-refractivity contribution in [3.63, 3.8) is 0 Å². The summed E-state index contributed by atoms with van der Waals surface area (Å²) in [5.74, 6) is -0.566. The Bertz CT molecular complexity index is 1070. The van der Waals surface area contributed by atoms with Gasteiger partial charge < -0.3 is 9.64 Å². The van der Waals surface area contributed by atoms with E-state index in [0.717, 1.165) is 0 Å². The summed E-state index contributed by atoms with van der Waals surface area (Å²) in [5.41, 5.74) is 1.23. The van der Waals surface area contributed by atoms with Gasteiger partial charge in [-0.05, 0) is 37.6 Å². The van der Waals surface area contributed by atoms with Crippen LogP contribution in [0, 0.1) is 0 Å². The number of fused-ring (bicyclic) bond motifs is 1. The molecule has 1 aliphatic heterocycles. The maximum absolute atomic E-state index is 12.4. The molecule has 158 valence electrons. The van der Waals surface area contributed by atoms with E-state index in [0.29, 0.717) is 17.7 Å². The number of sulfonamides is 1. The van der Waals surface area contributed by atoms with Crippen molar-refractivity contribution in [3.05, 3.63) is 60.2 Å². The fourth-order valence-corrected chi connectivity index (χ4v) is 4.27. The first-order chi connectivity index (χ1) is 14.3. The van der Waals surface area contributed by atoms with Crippen molar-refractivity contribution >= 4 is 33.4 Å². The van der Waals surface area contributed by atoms with Gasteiger partial charge >= 0.3 is 5.97 Å². The third kappa shape index (κ3) is 4.85. The van der Waals surface area contributed by atoms with Crippen molar-refractivity contribution in [2.24, 2.45) is 4.99 Å². The summed E-state index contributed by atoms with van der Waals surface area (Å²) in [6.45, 7) is 1.78. The smallest absolute Gasteiger partial charge is 0.306 e. The van der Waals surface area contributed by atoms with Crippen LogP contribution in [0.25, 0.3) is 0 Å². The summed E-state index contributed by atoms with van der Waals surface area (Å²) in [4.78, 5) is 30.4. The maximum Gasteiger partial charge on any atom is 0.306 e. The molecule has 2 aromatic carbocycles. The molecule has 3 rings (SSSR count). The number of nitrogens with zero attached hydrogens (tertiary/aromatic N) is 2. The molecule has 1 N–H and O–H groups in total. The number of hydrogen-bond acceptors (Lipinski definition) is 6. The number of nitrogens with one attached hydrogen (secondary N) is 1. The maximum atomic E-state index is 12.4. The number of benzene rings is 2. The number of carbonyl (C=O) groups is 2. The number of para-hydroxylation sites is 1. The summed E-state index contributed by atoms with van der Waals surface area (Å²) in [5, 5.41) is 0. The lowest BCUT2D eigenvalue weighted by Gasteiger charge is -2.21. The summed E-state index contributed by atoms with van der Waals surface area (Å²) < 4.78 is 31.7. The predicted octanol–water partition coefficient (Wildman–Crippen LogP) is 2.10. The third-order valence-corrected chi connectivity index (χ3v) is 6.00. The molecule has 0 saturated carbocycles. The van der Waals surface area contributed by atoms with Crippen LogP contribution in [0.1, 0.15) is 25.3 Å². The number of likely N-dealkylation sites (N-methyl/N-ethyl adjacent to an activating group) is 1. The van der Waals surface area contributed by atoms with Crippen LogP contribution in [-0.4, -0.2) is 45.8 Å². The summed E-state index contributed by atoms with van der Waals surface area (Å²) in [7, 11) is -1.96. The van der Waals surface area contributed by atoms with Crippen LogP contribution in [-0.2, 0) is 24.3 Å². The first-order valence-electron chi connectivity index (χ1n) is 9.48. The molecule has 0 aliphatic carbocycles. The molecule has 1 heterocycles. The van der Waals surface area contributed by atoms with Gasteiger partial charge in [-0.15, -0.1) is 0 Å². The van der Waals surface area contributed by atoms with Crippen LogP contribution in [0.5, 0.6) is 0 Å².